The third-order valence-electron chi connectivity index (χ3n) is 4.49. The number of hydrogen-bond acceptors (Lipinski definition) is 5. The van der Waals surface area contributed by atoms with Crippen molar-refractivity contribution >= 4 is 41.5 Å². The topological polar surface area (TPSA) is 74.2 Å². The van der Waals surface area contributed by atoms with Crippen molar-refractivity contribution < 1.29 is 14.6 Å². The number of nitrogens with one attached hydrogen (secondary N) is 1. The van der Waals surface area contributed by atoms with Gasteiger partial charge in [0.05, 0.1) is 17.0 Å². The first-order valence-corrected chi connectivity index (χ1v) is 9.79. The van der Waals surface area contributed by atoms with Gasteiger partial charge in [-0.25, -0.2) is 14.5 Å². The van der Waals surface area contributed by atoms with Crippen LogP contribution >= 0.6 is 23.5 Å². The van der Waals surface area contributed by atoms with Crippen LogP contribution < -0.4 is 9.46 Å². The molecule has 1 aromatic carbocycles. The lowest BCUT2D eigenvalue weighted by Gasteiger charge is -2.28. The number of carboxylic acids is 1. The minimum absolute atomic E-state index is 0.142. The van der Waals surface area contributed by atoms with Crippen molar-refractivity contribution in [2.24, 2.45) is 4.99 Å². The van der Waals surface area contributed by atoms with Gasteiger partial charge in [0.1, 0.15) is 11.3 Å². The van der Waals surface area contributed by atoms with Gasteiger partial charge < -0.3 is 14.7 Å². The van der Waals surface area contributed by atoms with E-state index in [1.54, 1.807) is 19.1 Å². The Bertz CT molecular complexity index is 762. The number of rotatable bonds is 5. The molecule has 0 aromatic heterocycles. The van der Waals surface area contributed by atoms with Gasteiger partial charge in [0.2, 0.25) is 5.72 Å². The molecule has 1 atom stereocenters. The molecule has 1 fully saturated rings. The molecule has 0 aliphatic carbocycles. The molecule has 2 heterocycles. The van der Waals surface area contributed by atoms with Gasteiger partial charge in [-0.3, -0.25) is 0 Å². The highest BCUT2D eigenvalue weighted by atomic mass is 35.5. The summed E-state index contributed by atoms with van der Waals surface area (Å²) in [6.07, 6.45) is 5.54. The summed E-state index contributed by atoms with van der Waals surface area (Å²) in [6, 6.07) is 3.54. The van der Waals surface area contributed by atoms with E-state index in [1.807, 2.05) is 13.3 Å². The van der Waals surface area contributed by atoms with Crippen LogP contribution in [0.2, 0.25) is 5.02 Å². The predicted molar refractivity (Wildman–Crippen MR) is 105 cm³/mol. The number of aliphatic imine (C=N–C) groups is 1. The second-order valence-corrected chi connectivity index (χ2v) is 7.68. The third-order valence-corrected chi connectivity index (χ3v) is 5.65. The van der Waals surface area contributed by atoms with Crippen molar-refractivity contribution in [3.8, 4) is 5.75 Å². The molecular formula is C18H22ClN3O3S. The fourth-order valence-corrected chi connectivity index (χ4v) is 4.03. The molecule has 2 N–H and O–H groups in total. The highest BCUT2D eigenvalue weighted by Gasteiger charge is 2.40. The quantitative estimate of drug-likeness (QED) is 0.444. The van der Waals surface area contributed by atoms with Gasteiger partial charge in [-0.05, 0) is 62.8 Å². The second-order valence-electron chi connectivity index (χ2n) is 6.60. The van der Waals surface area contributed by atoms with E-state index in [9.17, 15) is 9.90 Å². The molecule has 0 amide bonds. The van der Waals surface area contributed by atoms with Crippen LogP contribution in [0, 0.1) is 6.92 Å². The smallest absolute Gasteiger partial charge is 0.337 e. The molecule has 2 aliphatic heterocycles. The Morgan fingerprint density at radius 3 is 2.85 bits per heavy atom. The number of piperidine rings is 1. The maximum Gasteiger partial charge on any atom is 0.337 e. The summed E-state index contributed by atoms with van der Waals surface area (Å²) in [5, 5.41) is 11.3. The maximum atomic E-state index is 11.4. The van der Waals surface area contributed by atoms with Gasteiger partial charge >= 0.3 is 5.97 Å². The van der Waals surface area contributed by atoms with Crippen LogP contribution in [0.1, 0.15) is 31.7 Å². The van der Waals surface area contributed by atoms with Gasteiger partial charge in [0.25, 0.3) is 0 Å². The Morgan fingerprint density at radius 1 is 1.42 bits per heavy atom. The Labute approximate surface area is 162 Å². The first-order valence-electron chi connectivity index (χ1n) is 8.53. The second kappa shape index (κ2) is 7.90. The number of aliphatic carboxylic acids is 1. The fourth-order valence-electron chi connectivity index (χ4n) is 2.96. The number of benzene rings is 1. The zero-order valence-electron chi connectivity index (χ0n) is 14.8. The standard InChI is InChI=1S/C18H22ClN3O3S/c1-12-8-16(25-18(2)13(17(23)24)10-26-21-18)14(19)9-15(12)20-11-22-6-4-3-5-7-22/h8-11,21H,3-7H2,1-2H3,(H,23,24)/b20-11+. The first kappa shape index (κ1) is 19.1. The number of likely N-dealkylation sites (tertiary alicyclic amines) is 1. The van der Waals surface area contributed by atoms with E-state index in [1.165, 1.54) is 36.6 Å². The molecule has 1 aromatic rings. The summed E-state index contributed by atoms with van der Waals surface area (Å²) >= 11 is 7.56. The summed E-state index contributed by atoms with van der Waals surface area (Å²) in [7, 11) is 0. The van der Waals surface area contributed by atoms with E-state index < -0.39 is 11.7 Å². The number of hydrogen-bond donors (Lipinski definition) is 2. The Kier molecular flexibility index (Phi) is 5.79. The van der Waals surface area contributed by atoms with Crippen LogP contribution in [0.15, 0.2) is 28.1 Å². The molecule has 3 rings (SSSR count). The number of carbonyl (C=O) groups is 1. The molecule has 140 valence electrons. The highest BCUT2D eigenvalue weighted by molar-refractivity contribution is 8.00. The van der Waals surface area contributed by atoms with Crippen LogP contribution in [-0.4, -0.2) is 41.1 Å². The fraction of sp³-hybridized carbons (Fsp3) is 0.444. The number of nitrogens with zero attached hydrogens (tertiary/aromatic N) is 2. The summed E-state index contributed by atoms with van der Waals surface area (Å²) in [5.41, 5.74) is 0.683. The van der Waals surface area contributed by atoms with E-state index in [2.05, 4.69) is 14.6 Å². The summed E-state index contributed by atoms with van der Waals surface area (Å²) in [4.78, 5) is 18.2. The lowest BCUT2D eigenvalue weighted by Crippen LogP contribution is -2.45. The van der Waals surface area contributed by atoms with Crippen molar-refractivity contribution in [1.82, 2.24) is 9.62 Å². The van der Waals surface area contributed by atoms with Crippen LogP contribution in [0.25, 0.3) is 0 Å². The van der Waals surface area contributed by atoms with Crippen molar-refractivity contribution in [3.63, 3.8) is 0 Å². The van der Waals surface area contributed by atoms with Crippen molar-refractivity contribution in [2.45, 2.75) is 38.8 Å². The molecule has 8 heteroatoms. The number of halogens is 1. The number of aryl methyl sites for hydroxylation is 1. The van der Waals surface area contributed by atoms with E-state index in [0.717, 1.165) is 24.3 Å². The molecule has 1 unspecified atom stereocenters. The van der Waals surface area contributed by atoms with Gasteiger partial charge in [0, 0.05) is 18.5 Å². The van der Waals surface area contributed by atoms with E-state index >= 15 is 0 Å². The normalized spacial score (nSPS) is 23.3. The molecule has 2 aliphatic rings. The van der Waals surface area contributed by atoms with Crippen molar-refractivity contribution in [3.05, 3.63) is 33.7 Å². The Morgan fingerprint density at radius 2 is 2.15 bits per heavy atom. The number of carboxylic acid groups (broad SMARTS) is 1. The van der Waals surface area contributed by atoms with Gasteiger partial charge in [-0.1, -0.05) is 11.6 Å². The monoisotopic (exact) mass is 395 g/mol. The Balaban J connectivity index is 1.78. The average Bonchev–Trinajstić information content (AvgIpc) is 2.99. The molecule has 1 saturated heterocycles. The molecule has 0 bridgehead atoms. The SMILES string of the molecule is Cc1cc(OC2(C)NSC=C2C(=O)O)c(Cl)cc1/N=C/N1CCCCC1. The van der Waals surface area contributed by atoms with E-state index in [-0.39, 0.29) is 5.57 Å². The summed E-state index contributed by atoms with van der Waals surface area (Å²) in [5.74, 6) is -0.605. The van der Waals surface area contributed by atoms with Crippen LogP contribution in [-0.2, 0) is 4.79 Å². The minimum atomic E-state index is -1.15. The molecule has 6 nitrogen and oxygen atoms in total. The van der Waals surface area contributed by atoms with Crippen LogP contribution in [0.5, 0.6) is 5.75 Å². The highest BCUT2D eigenvalue weighted by Crippen LogP contribution is 2.38. The van der Waals surface area contributed by atoms with E-state index in [4.69, 9.17) is 16.3 Å². The lowest BCUT2D eigenvalue weighted by atomic mass is 10.1. The average molecular weight is 396 g/mol. The van der Waals surface area contributed by atoms with Crippen LogP contribution in [0.4, 0.5) is 5.69 Å². The van der Waals surface area contributed by atoms with Crippen molar-refractivity contribution in [2.75, 3.05) is 13.1 Å². The Hall–Kier alpha value is -1.70. The minimum Gasteiger partial charge on any atom is -0.478 e. The van der Waals surface area contributed by atoms with Gasteiger partial charge in [-0.15, -0.1) is 0 Å². The predicted octanol–water partition coefficient (Wildman–Crippen LogP) is 4.11. The van der Waals surface area contributed by atoms with Crippen molar-refractivity contribution in [1.29, 1.82) is 0 Å². The van der Waals surface area contributed by atoms with Crippen LogP contribution in [0.3, 0.4) is 0 Å². The molecular weight excluding hydrogens is 374 g/mol. The zero-order valence-corrected chi connectivity index (χ0v) is 16.4. The van der Waals surface area contributed by atoms with E-state index in [0.29, 0.717) is 10.8 Å². The molecule has 0 radical (unpaired) electrons. The lowest BCUT2D eigenvalue weighted by molar-refractivity contribution is -0.134. The zero-order chi connectivity index (χ0) is 18.7. The first-order chi connectivity index (χ1) is 12.4. The summed E-state index contributed by atoms with van der Waals surface area (Å²) < 4.78 is 8.89. The third kappa shape index (κ3) is 4.16. The number of ether oxygens (including phenoxy) is 1. The van der Waals surface area contributed by atoms with Gasteiger partial charge in [0.15, 0.2) is 0 Å². The van der Waals surface area contributed by atoms with Gasteiger partial charge in [-0.2, -0.15) is 0 Å². The molecule has 0 saturated carbocycles. The summed E-state index contributed by atoms with van der Waals surface area (Å²) in [6.45, 7) is 5.66. The molecule has 26 heavy (non-hydrogen) atoms. The maximum absolute atomic E-state index is 11.4. The molecule has 0 spiro atoms. The largest absolute Gasteiger partial charge is 0.478 e.